The fraction of sp³-hybridized carbons (Fsp3) is 0.105. The van der Waals surface area contributed by atoms with Crippen molar-refractivity contribution in [3.8, 4) is 0 Å². The molecular weight excluding hydrogens is 326 g/mol. The summed E-state index contributed by atoms with van der Waals surface area (Å²) in [5.41, 5.74) is 1.74. The molecule has 4 nitrogen and oxygen atoms in total. The normalized spacial score (nSPS) is 14.1. The Hall–Kier alpha value is -2.72. The van der Waals surface area contributed by atoms with Crippen molar-refractivity contribution >= 4 is 35.3 Å². The lowest BCUT2D eigenvalue weighted by atomic mass is 10.1. The lowest BCUT2D eigenvalue weighted by Gasteiger charge is -2.15. The summed E-state index contributed by atoms with van der Waals surface area (Å²) in [6, 6.07) is 13.7. The molecule has 24 heavy (non-hydrogen) atoms. The van der Waals surface area contributed by atoms with Crippen LogP contribution < -0.4 is 0 Å². The Morgan fingerprint density at radius 3 is 2.08 bits per heavy atom. The van der Waals surface area contributed by atoms with E-state index in [4.69, 9.17) is 11.6 Å². The summed E-state index contributed by atoms with van der Waals surface area (Å²) >= 11 is 6.12. The highest BCUT2D eigenvalue weighted by Gasteiger charge is 2.35. The van der Waals surface area contributed by atoms with Crippen LogP contribution in [0.3, 0.4) is 0 Å². The van der Waals surface area contributed by atoms with E-state index >= 15 is 0 Å². The van der Waals surface area contributed by atoms with E-state index < -0.39 is 0 Å². The van der Waals surface area contributed by atoms with Gasteiger partial charge in [-0.3, -0.25) is 19.3 Å². The van der Waals surface area contributed by atoms with Crippen molar-refractivity contribution in [1.29, 1.82) is 0 Å². The summed E-state index contributed by atoms with van der Waals surface area (Å²) in [6.07, 6.45) is 1.62. The van der Waals surface area contributed by atoms with Gasteiger partial charge in [0.15, 0.2) is 5.78 Å². The first kappa shape index (κ1) is 16.1. The van der Waals surface area contributed by atoms with Crippen LogP contribution in [-0.4, -0.2) is 29.0 Å². The molecule has 0 fully saturated rings. The molecule has 2 aromatic rings. The summed E-state index contributed by atoms with van der Waals surface area (Å²) < 4.78 is 0. The third-order valence-corrected chi connectivity index (χ3v) is 4.24. The van der Waals surface area contributed by atoms with E-state index in [-0.39, 0.29) is 24.1 Å². The van der Waals surface area contributed by atoms with Crippen LogP contribution >= 0.6 is 11.6 Å². The number of fused-ring (bicyclic) bond motifs is 1. The Morgan fingerprint density at radius 1 is 1.00 bits per heavy atom. The predicted octanol–water partition coefficient (Wildman–Crippen LogP) is 3.61. The predicted molar refractivity (Wildman–Crippen MR) is 91.9 cm³/mol. The number of carbonyl (C=O) groups excluding carboxylic acids is 3. The molecule has 0 radical (unpaired) electrons. The number of benzene rings is 2. The maximum Gasteiger partial charge on any atom is 0.261 e. The molecule has 3 rings (SSSR count). The molecule has 0 saturated heterocycles. The van der Waals surface area contributed by atoms with Gasteiger partial charge in [0.05, 0.1) is 17.7 Å². The van der Waals surface area contributed by atoms with E-state index in [1.54, 1.807) is 54.6 Å². The quantitative estimate of drug-likeness (QED) is 0.631. The molecule has 0 aromatic heterocycles. The second-order valence-corrected chi connectivity index (χ2v) is 5.90. The maximum absolute atomic E-state index is 12.4. The van der Waals surface area contributed by atoms with Gasteiger partial charge in [0.25, 0.3) is 11.8 Å². The van der Waals surface area contributed by atoms with E-state index in [2.05, 4.69) is 0 Å². The number of rotatable bonds is 4. The molecule has 120 valence electrons. The van der Waals surface area contributed by atoms with Crippen molar-refractivity contribution in [3.05, 3.63) is 75.8 Å². The van der Waals surface area contributed by atoms with Gasteiger partial charge in [-0.25, -0.2) is 0 Å². The third kappa shape index (κ3) is 2.88. The van der Waals surface area contributed by atoms with Gasteiger partial charge >= 0.3 is 0 Å². The van der Waals surface area contributed by atoms with Gasteiger partial charge in [-0.15, -0.1) is 0 Å². The van der Waals surface area contributed by atoms with Crippen LogP contribution in [0.4, 0.5) is 0 Å². The average Bonchev–Trinajstić information content (AvgIpc) is 2.81. The molecule has 0 saturated carbocycles. The Bertz CT molecular complexity index is 851. The summed E-state index contributed by atoms with van der Waals surface area (Å²) in [5, 5.41) is 0.499. The molecular formula is C19H14ClNO3. The number of hydrogen-bond acceptors (Lipinski definition) is 3. The molecule has 5 heteroatoms. The molecule has 0 N–H and O–H groups in total. The largest absolute Gasteiger partial charge is 0.295 e. The van der Waals surface area contributed by atoms with Crippen LogP contribution in [0.5, 0.6) is 0 Å². The van der Waals surface area contributed by atoms with Gasteiger partial charge in [0.1, 0.15) is 0 Å². The van der Waals surface area contributed by atoms with Crippen LogP contribution in [0.1, 0.15) is 33.2 Å². The van der Waals surface area contributed by atoms with Crippen molar-refractivity contribution in [2.45, 2.75) is 6.92 Å². The molecule has 1 heterocycles. The van der Waals surface area contributed by atoms with Crippen molar-refractivity contribution in [3.63, 3.8) is 0 Å². The van der Waals surface area contributed by atoms with E-state index in [1.807, 2.05) is 0 Å². The topological polar surface area (TPSA) is 54.5 Å². The van der Waals surface area contributed by atoms with Gasteiger partial charge in [-0.1, -0.05) is 41.9 Å². The van der Waals surface area contributed by atoms with Gasteiger partial charge in [-0.2, -0.15) is 0 Å². The number of imide groups is 1. The molecule has 1 aliphatic rings. The third-order valence-electron chi connectivity index (χ3n) is 3.89. The molecule has 1 aliphatic heterocycles. The second-order valence-electron chi connectivity index (χ2n) is 5.49. The molecule has 2 aromatic carbocycles. The highest BCUT2D eigenvalue weighted by molar-refractivity contribution is 6.32. The van der Waals surface area contributed by atoms with Crippen molar-refractivity contribution in [1.82, 2.24) is 4.90 Å². The first-order valence-corrected chi connectivity index (χ1v) is 7.78. The van der Waals surface area contributed by atoms with E-state index in [1.165, 1.54) is 6.92 Å². The number of Topliss-reactive ketones (excluding diaryl/α,β-unsaturated/α-hetero) is 1. The van der Waals surface area contributed by atoms with E-state index in [9.17, 15) is 14.4 Å². The summed E-state index contributed by atoms with van der Waals surface area (Å²) in [6.45, 7) is 1.33. The van der Waals surface area contributed by atoms with Gasteiger partial charge in [-0.05, 0) is 36.8 Å². The fourth-order valence-corrected chi connectivity index (χ4v) is 2.78. The van der Waals surface area contributed by atoms with Crippen LogP contribution in [0.25, 0.3) is 6.08 Å². The minimum atomic E-state index is -0.387. The van der Waals surface area contributed by atoms with Crippen LogP contribution in [0.15, 0.2) is 54.1 Å². The molecule has 0 bridgehead atoms. The Morgan fingerprint density at radius 2 is 1.54 bits per heavy atom. The van der Waals surface area contributed by atoms with E-state index in [0.717, 1.165) is 4.90 Å². The number of hydrogen-bond donors (Lipinski definition) is 0. The minimum Gasteiger partial charge on any atom is -0.295 e. The van der Waals surface area contributed by atoms with Crippen LogP contribution in [0.2, 0.25) is 5.02 Å². The molecule has 0 unspecified atom stereocenters. The lowest BCUT2D eigenvalue weighted by molar-refractivity contribution is -0.113. The number of nitrogens with zero attached hydrogens (tertiary/aromatic N) is 1. The Kier molecular flexibility index (Phi) is 4.32. The van der Waals surface area contributed by atoms with E-state index in [0.29, 0.717) is 27.3 Å². The van der Waals surface area contributed by atoms with Crippen LogP contribution in [0, 0.1) is 0 Å². The number of amides is 2. The maximum atomic E-state index is 12.4. The minimum absolute atomic E-state index is 0.0765. The lowest BCUT2D eigenvalue weighted by Crippen LogP contribution is -2.32. The molecule has 2 amide bonds. The van der Waals surface area contributed by atoms with Gasteiger partial charge in [0, 0.05) is 10.6 Å². The summed E-state index contributed by atoms with van der Waals surface area (Å²) in [7, 11) is 0. The van der Waals surface area contributed by atoms with Crippen molar-refractivity contribution in [2.75, 3.05) is 6.54 Å². The fourth-order valence-electron chi connectivity index (χ4n) is 2.59. The summed E-state index contributed by atoms with van der Waals surface area (Å²) in [4.78, 5) is 37.9. The SMILES string of the molecule is CC(=O)/C(=C/c1ccccc1Cl)CN1C(=O)c2ccccc2C1=O. The number of carbonyl (C=O) groups is 3. The molecule has 0 spiro atoms. The monoisotopic (exact) mass is 339 g/mol. The highest BCUT2D eigenvalue weighted by atomic mass is 35.5. The molecule has 0 atom stereocenters. The number of ketones is 1. The Balaban J connectivity index is 1.94. The van der Waals surface area contributed by atoms with Crippen molar-refractivity contribution < 1.29 is 14.4 Å². The zero-order valence-electron chi connectivity index (χ0n) is 13.0. The second kappa shape index (κ2) is 6.42. The highest BCUT2D eigenvalue weighted by Crippen LogP contribution is 2.25. The average molecular weight is 340 g/mol. The zero-order valence-corrected chi connectivity index (χ0v) is 13.7. The number of halogens is 1. The summed E-state index contributed by atoms with van der Waals surface area (Å²) in [5.74, 6) is -0.990. The first-order chi connectivity index (χ1) is 11.5. The smallest absolute Gasteiger partial charge is 0.261 e. The Labute approximate surface area is 144 Å². The standard InChI is InChI=1S/C19H14ClNO3/c1-12(22)14(10-13-6-2-5-9-17(13)20)11-21-18(23)15-7-3-4-8-16(15)19(21)24/h2-10H,11H2,1H3/b14-10+. The van der Waals surface area contributed by atoms with Crippen LogP contribution in [-0.2, 0) is 4.79 Å². The van der Waals surface area contributed by atoms with Gasteiger partial charge in [0.2, 0.25) is 0 Å². The van der Waals surface area contributed by atoms with Gasteiger partial charge < -0.3 is 0 Å². The zero-order chi connectivity index (χ0) is 17.3. The molecule has 0 aliphatic carbocycles. The van der Waals surface area contributed by atoms with Crippen molar-refractivity contribution in [2.24, 2.45) is 0 Å². The first-order valence-electron chi connectivity index (χ1n) is 7.40.